The van der Waals surface area contributed by atoms with E-state index in [0.29, 0.717) is 0 Å². The quantitative estimate of drug-likeness (QED) is 0.275. The largest absolute Gasteiger partial charge is 0.407 e. The Morgan fingerprint density at radius 2 is 1.50 bits per heavy atom. The van der Waals surface area contributed by atoms with Crippen LogP contribution in [0.25, 0.3) is 0 Å². The molecule has 0 aromatic rings. The highest BCUT2D eigenvalue weighted by Crippen LogP contribution is 2.25. The molecule has 0 radical (unpaired) electrons. The van der Waals surface area contributed by atoms with Crippen LogP contribution >= 0.6 is 21.8 Å². The molecule has 2 nitrogen and oxygen atoms in total. The lowest BCUT2D eigenvalue weighted by atomic mass is 10.2. The van der Waals surface area contributed by atoms with Crippen LogP contribution < -0.4 is 0 Å². The van der Waals surface area contributed by atoms with Gasteiger partial charge in [0, 0.05) is 19.3 Å². The predicted octanol–water partition coefficient (Wildman–Crippen LogP) is 4.01. The Morgan fingerprint density at radius 3 is 1.93 bits per heavy atom. The van der Waals surface area contributed by atoms with Crippen LogP contribution in [0.4, 0.5) is 0 Å². The van der Waals surface area contributed by atoms with E-state index in [0.717, 1.165) is 19.3 Å². The molecule has 0 rings (SSSR count). The van der Waals surface area contributed by atoms with Gasteiger partial charge in [0.05, 0.1) is 0 Å². The molecule has 14 heavy (non-hydrogen) atoms. The summed E-state index contributed by atoms with van der Waals surface area (Å²) in [6, 6.07) is -0.695. The Balaban J connectivity index is 3.71. The minimum atomic E-state index is -1.83. The number of unbranched alkanes of at least 4 members (excludes halogenated alkanes) is 3. The topological polar surface area (TPSA) is 18.5 Å². The van der Waals surface area contributed by atoms with Crippen LogP contribution in [0.5, 0.6) is 0 Å². The van der Waals surface area contributed by atoms with Gasteiger partial charge in [-0.1, -0.05) is 32.6 Å². The highest BCUT2D eigenvalue weighted by Gasteiger charge is 2.32. The van der Waals surface area contributed by atoms with Gasteiger partial charge in [-0.3, -0.25) is 0 Å². The average molecular weight is 330 g/mol. The van der Waals surface area contributed by atoms with E-state index in [1.54, 1.807) is 0 Å². The van der Waals surface area contributed by atoms with E-state index in [9.17, 15) is 0 Å². The molecule has 0 saturated carbocycles. The molecule has 0 aliphatic rings. The Hall–Kier alpha value is 0.867. The molecule has 0 aliphatic carbocycles. The first-order valence-electron chi connectivity index (χ1n) is 5.65. The van der Waals surface area contributed by atoms with E-state index in [1.807, 2.05) is 13.8 Å². The van der Waals surface area contributed by atoms with Crippen molar-refractivity contribution in [2.24, 2.45) is 0 Å². The van der Waals surface area contributed by atoms with Gasteiger partial charge >= 0.3 is 6.06 Å². The molecule has 4 heteroatoms. The second-order valence-corrected chi connectivity index (χ2v) is 10.7. The molecule has 0 atom stereocenters. The molecular weight excluding hydrogens is 307 g/mol. The minimum Gasteiger partial charge on any atom is -0.387 e. The smallest absolute Gasteiger partial charge is 0.387 e. The molecule has 0 N–H and O–H groups in total. The first kappa shape index (κ1) is 14.9. The first-order chi connectivity index (χ1) is 6.68. The average Bonchev–Trinajstić information content (AvgIpc) is 2.13. The van der Waals surface area contributed by atoms with Gasteiger partial charge < -0.3 is 8.85 Å². The van der Waals surface area contributed by atoms with Crippen LogP contribution in [0.2, 0.25) is 6.04 Å². The summed E-state index contributed by atoms with van der Waals surface area (Å²) in [5, 5.41) is 0. The molecule has 0 spiro atoms. The Kier molecular flexibility index (Phi) is 9.68. The number of hydrogen-bond donors (Lipinski definition) is 0. The fourth-order valence-corrected chi connectivity index (χ4v) is 6.30. The van der Waals surface area contributed by atoms with Crippen LogP contribution in [0, 0.1) is 0 Å². The Bertz CT molecular complexity index is 127. The van der Waals surface area contributed by atoms with Gasteiger partial charge in [-0.2, -0.15) is 0 Å². The van der Waals surface area contributed by atoms with Gasteiger partial charge in [-0.15, -0.1) is 0 Å². The molecule has 0 bridgehead atoms. The third-order valence-electron chi connectivity index (χ3n) is 2.05. The van der Waals surface area contributed by atoms with E-state index >= 15 is 0 Å². The van der Waals surface area contributed by atoms with Gasteiger partial charge in [0.25, 0.3) is 0 Å². The second kappa shape index (κ2) is 9.12. The zero-order valence-electron chi connectivity index (χ0n) is 9.64. The summed E-state index contributed by atoms with van der Waals surface area (Å²) in [5.74, 6) is 0. The molecule has 0 aromatic heterocycles. The van der Waals surface area contributed by atoms with E-state index in [-0.39, 0.29) is 0 Å². The molecule has 0 aliphatic heterocycles. The maximum Gasteiger partial charge on any atom is 0.407 e. The van der Waals surface area contributed by atoms with Gasteiger partial charge in [0.15, 0.2) is 0 Å². The van der Waals surface area contributed by atoms with Crippen molar-refractivity contribution in [2.75, 3.05) is 13.2 Å². The Labute approximate surface area is 102 Å². The first-order valence-corrected chi connectivity index (χ1v) is 10.8. The van der Waals surface area contributed by atoms with Crippen molar-refractivity contribution in [2.45, 2.75) is 52.5 Å². The van der Waals surface area contributed by atoms with Gasteiger partial charge in [-0.25, -0.2) is 0 Å². The molecule has 0 fully saturated rings. The van der Waals surface area contributed by atoms with Crippen LogP contribution in [0.15, 0.2) is 0 Å². The van der Waals surface area contributed by atoms with Crippen molar-refractivity contribution >= 4 is 27.9 Å². The van der Waals surface area contributed by atoms with Crippen molar-refractivity contribution in [3.8, 4) is 0 Å². The van der Waals surface area contributed by atoms with Gasteiger partial charge in [0.1, 0.15) is 0 Å². The molecule has 0 amide bonds. The summed E-state index contributed by atoms with van der Waals surface area (Å²) >= 11 is 2.42. The number of halogens is 1. The predicted molar refractivity (Wildman–Crippen MR) is 72.0 cm³/mol. The lowest BCUT2D eigenvalue weighted by Gasteiger charge is -2.23. The van der Waals surface area contributed by atoms with E-state index in [4.69, 9.17) is 8.85 Å². The van der Waals surface area contributed by atoms with Crippen LogP contribution in [0.3, 0.4) is 0 Å². The van der Waals surface area contributed by atoms with E-state index < -0.39 is 6.06 Å². The molecule has 86 valence electrons. The standard InChI is InChI=1S/C10H23IO2Si/c1-4-7-8-9-10-14(11,12-5-2)13-6-3/h4-10H2,1-3H3. The molecule has 0 unspecified atom stereocenters. The van der Waals surface area contributed by atoms with Gasteiger partial charge in [0.2, 0.25) is 0 Å². The molecular formula is C10H23IO2Si. The van der Waals surface area contributed by atoms with Crippen LogP contribution in [-0.4, -0.2) is 19.3 Å². The number of rotatable bonds is 9. The summed E-state index contributed by atoms with van der Waals surface area (Å²) in [6.45, 7) is 7.89. The summed E-state index contributed by atoms with van der Waals surface area (Å²) in [5.41, 5.74) is 0. The molecule has 0 saturated heterocycles. The lowest BCUT2D eigenvalue weighted by Crippen LogP contribution is -2.35. The summed E-state index contributed by atoms with van der Waals surface area (Å²) in [7, 11) is 0. The summed E-state index contributed by atoms with van der Waals surface area (Å²) < 4.78 is 11.5. The maximum atomic E-state index is 5.75. The van der Waals surface area contributed by atoms with Crippen molar-refractivity contribution in [1.29, 1.82) is 0 Å². The number of hydrogen-bond acceptors (Lipinski definition) is 2. The van der Waals surface area contributed by atoms with Crippen molar-refractivity contribution in [3.63, 3.8) is 0 Å². The summed E-state index contributed by atoms with van der Waals surface area (Å²) in [6.07, 6.45) is 5.19. The van der Waals surface area contributed by atoms with Crippen LogP contribution in [0.1, 0.15) is 46.5 Å². The van der Waals surface area contributed by atoms with Crippen molar-refractivity contribution < 1.29 is 8.85 Å². The fraction of sp³-hybridized carbons (Fsp3) is 1.00. The monoisotopic (exact) mass is 330 g/mol. The van der Waals surface area contributed by atoms with Crippen molar-refractivity contribution in [3.05, 3.63) is 0 Å². The van der Waals surface area contributed by atoms with E-state index in [1.165, 1.54) is 25.7 Å². The fourth-order valence-electron chi connectivity index (χ4n) is 1.38. The lowest BCUT2D eigenvalue weighted by molar-refractivity contribution is 0.208. The highest BCUT2D eigenvalue weighted by atomic mass is 127. The highest BCUT2D eigenvalue weighted by molar-refractivity contribution is 14.1. The third kappa shape index (κ3) is 7.20. The van der Waals surface area contributed by atoms with E-state index in [2.05, 4.69) is 28.7 Å². The minimum absolute atomic E-state index is 0.781. The maximum absolute atomic E-state index is 5.75. The van der Waals surface area contributed by atoms with Crippen molar-refractivity contribution in [1.82, 2.24) is 0 Å². The second-order valence-electron chi connectivity index (χ2n) is 3.34. The third-order valence-corrected chi connectivity index (χ3v) is 7.93. The zero-order chi connectivity index (χ0) is 10.9. The summed E-state index contributed by atoms with van der Waals surface area (Å²) in [4.78, 5) is 0. The SMILES string of the molecule is CCCCCC[Si](I)(OCC)OCC. The van der Waals surface area contributed by atoms with Crippen LogP contribution in [-0.2, 0) is 8.85 Å². The Morgan fingerprint density at radius 1 is 0.929 bits per heavy atom. The molecule has 0 heterocycles. The normalized spacial score (nSPS) is 12.0. The van der Waals surface area contributed by atoms with Gasteiger partial charge in [-0.05, 0) is 35.6 Å². The zero-order valence-corrected chi connectivity index (χ0v) is 12.8. The molecule has 0 aromatic carbocycles.